The highest BCUT2D eigenvalue weighted by Gasteiger charge is 2.46. The maximum atomic E-state index is 13.0. The zero-order valence-electron chi connectivity index (χ0n) is 14.1. The summed E-state index contributed by atoms with van der Waals surface area (Å²) in [7, 11) is 0. The van der Waals surface area contributed by atoms with Crippen molar-refractivity contribution < 1.29 is 9.53 Å². The number of nitriles is 2. The molecule has 1 amide bonds. The molecule has 0 aliphatic carbocycles. The van der Waals surface area contributed by atoms with Crippen LogP contribution < -0.4 is 9.64 Å². The number of hydrogen-bond acceptors (Lipinski definition) is 4. The molecule has 0 fully saturated rings. The van der Waals surface area contributed by atoms with E-state index in [-0.39, 0.29) is 17.1 Å². The highest BCUT2D eigenvalue weighted by atomic mass is 16.5. The van der Waals surface area contributed by atoms with Crippen molar-refractivity contribution in [2.75, 3.05) is 11.5 Å². The van der Waals surface area contributed by atoms with Gasteiger partial charge in [0.05, 0.1) is 23.4 Å². The van der Waals surface area contributed by atoms with Gasteiger partial charge in [-0.1, -0.05) is 6.08 Å². The van der Waals surface area contributed by atoms with Crippen LogP contribution in [0.5, 0.6) is 5.75 Å². The Balaban J connectivity index is 2.43. The topological polar surface area (TPSA) is 77.1 Å². The molecule has 0 atom stereocenters. The van der Waals surface area contributed by atoms with Gasteiger partial charge in [0.2, 0.25) is 0 Å². The van der Waals surface area contributed by atoms with Gasteiger partial charge >= 0.3 is 0 Å². The minimum absolute atomic E-state index is 0.161. The van der Waals surface area contributed by atoms with Crippen LogP contribution in [0, 0.1) is 22.7 Å². The lowest BCUT2D eigenvalue weighted by atomic mass is 9.89. The van der Waals surface area contributed by atoms with Gasteiger partial charge in [-0.3, -0.25) is 9.69 Å². The second-order valence-corrected chi connectivity index (χ2v) is 6.40. The van der Waals surface area contributed by atoms with Crippen molar-refractivity contribution >= 4 is 22.7 Å². The van der Waals surface area contributed by atoms with Crippen LogP contribution in [0.25, 0.3) is 11.1 Å². The lowest BCUT2D eigenvalue weighted by Gasteiger charge is -2.38. The Morgan fingerprint density at radius 2 is 1.88 bits per heavy atom. The normalized spacial score (nSPS) is 16.9. The first kappa shape index (κ1) is 15.8. The van der Waals surface area contributed by atoms with Crippen LogP contribution in [0.2, 0.25) is 0 Å². The first-order chi connectivity index (χ1) is 11.4. The first-order valence-electron chi connectivity index (χ1n) is 7.75. The molecular weight excluding hydrogens is 302 g/mol. The second-order valence-electron chi connectivity index (χ2n) is 6.40. The summed E-state index contributed by atoms with van der Waals surface area (Å²) >= 11 is 0. The van der Waals surface area contributed by atoms with Crippen molar-refractivity contribution in [3.63, 3.8) is 0 Å². The molecule has 1 aromatic rings. The van der Waals surface area contributed by atoms with Crippen LogP contribution >= 0.6 is 0 Å². The van der Waals surface area contributed by atoms with E-state index in [1.807, 2.05) is 52.0 Å². The highest BCUT2D eigenvalue weighted by molar-refractivity contribution is 6.36. The van der Waals surface area contributed by atoms with Crippen molar-refractivity contribution in [3.8, 4) is 17.9 Å². The predicted molar refractivity (Wildman–Crippen MR) is 91.0 cm³/mol. The van der Waals surface area contributed by atoms with Gasteiger partial charge in [0.25, 0.3) is 5.91 Å². The fraction of sp³-hybridized carbons (Fsp3) is 0.316. The average molecular weight is 319 g/mol. The van der Waals surface area contributed by atoms with Crippen molar-refractivity contribution in [1.82, 2.24) is 0 Å². The Morgan fingerprint density at radius 1 is 1.25 bits per heavy atom. The number of amides is 1. The molecule has 3 rings (SSSR count). The van der Waals surface area contributed by atoms with Crippen molar-refractivity contribution in [3.05, 3.63) is 34.9 Å². The van der Waals surface area contributed by atoms with E-state index in [1.165, 1.54) is 0 Å². The summed E-state index contributed by atoms with van der Waals surface area (Å²) in [5.41, 5.74) is 2.75. The van der Waals surface area contributed by atoms with Gasteiger partial charge in [-0.15, -0.1) is 0 Å². The molecule has 0 aromatic heterocycles. The van der Waals surface area contributed by atoms with Crippen LogP contribution in [-0.4, -0.2) is 18.1 Å². The maximum absolute atomic E-state index is 13.0. The molecule has 1 aromatic carbocycles. The number of anilines is 1. The lowest BCUT2D eigenvalue weighted by Crippen LogP contribution is -2.46. The third-order valence-corrected chi connectivity index (χ3v) is 4.35. The Labute approximate surface area is 141 Å². The third-order valence-electron chi connectivity index (χ3n) is 4.35. The molecule has 120 valence electrons. The zero-order valence-corrected chi connectivity index (χ0v) is 14.1. The maximum Gasteiger partial charge on any atom is 0.261 e. The Bertz CT molecular complexity index is 892. The fourth-order valence-electron chi connectivity index (χ4n) is 3.52. The van der Waals surface area contributed by atoms with Gasteiger partial charge in [-0.05, 0) is 45.4 Å². The average Bonchev–Trinajstić information content (AvgIpc) is 2.81. The molecule has 5 heteroatoms. The zero-order chi connectivity index (χ0) is 17.6. The minimum Gasteiger partial charge on any atom is -0.494 e. The van der Waals surface area contributed by atoms with E-state index in [0.29, 0.717) is 17.9 Å². The number of benzene rings is 1. The molecule has 2 heterocycles. The standard InChI is InChI=1S/C19H17N3O2/c1-5-24-13-6-14-11(2)8-19(3,4)22-17(14)15(7-13)16(18(22)23)12(9-20)10-21/h6-8H,5H2,1-4H3. The Kier molecular flexibility index (Phi) is 3.46. The highest BCUT2D eigenvalue weighted by Crippen LogP contribution is 2.51. The molecular formula is C19H17N3O2. The molecule has 24 heavy (non-hydrogen) atoms. The van der Waals surface area contributed by atoms with Crippen LogP contribution in [-0.2, 0) is 4.79 Å². The molecule has 2 aliphatic rings. The smallest absolute Gasteiger partial charge is 0.261 e. The van der Waals surface area contributed by atoms with Crippen molar-refractivity contribution in [2.24, 2.45) is 0 Å². The number of carbonyl (C=O) groups excluding carboxylic acids is 1. The predicted octanol–water partition coefficient (Wildman–Crippen LogP) is 3.43. The van der Waals surface area contributed by atoms with E-state index < -0.39 is 5.54 Å². The van der Waals surface area contributed by atoms with Gasteiger partial charge in [0.15, 0.2) is 0 Å². The monoisotopic (exact) mass is 319 g/mol. The van der Waals surface area contributed by atoms with Crippen LogP contribution in [0.3, 0.4) is 0 Å². The Morgan fingerprint density at radius 3 is 2.46 bits per heavy atom. The SMILES string of the molecule is CCOc1cc2c3c(c1)C(=C(C#N)C#N)C(=O)N3C(C)(C)C=C2C. The molecule has 0 saturated heterocycles. The first-order valence-corrected chi connectivity index (χ1v) is 7.75. The van der Waals surface area contributed by atoms with E-state index in [2.05, 4.69) is 0 Å². The molecule has 0 bridgehead atoms. The minimum atomic E-state index is -0.534. The van der Waals surface area contributed by atoms with E-state index in [0.717, 1.165) is 16.8 Å². The molecule has 0 radical (unpaired) electrons. The number of ether oxygens (including phenoxy) is 1. The summed E-state index contributed by atoms with van der Waals surface area (Å²) in [5.74, 6) is 0.313. The van der Waals surface area contributed by atoms with Crippen LogP contribution in [0.4, 0.5) is 5.69 Å². The second kappa shape index (κ2) is 5.25. The van der Waals surface area contributed by atoms with Crippen LogP contribution in [0.15, 0.2) is 23.8 Å². The Hall–Kier alpha value is -3.05. The van der Waals surface area contributed by atoms with E-state index in [4.69, 9.17) is 4.74 Å². The number of carbonyl (C=O) groups is 1. The van der Waals surface area contributed by atoms with Crippen molar-refractivity contribution in [1.29, 1.82) is 10.5 Å². The van der Waals surface area contributed by atoms with Crippen molar-refractivity contribution in [2.45, 2.75) is 33.2 Å². The van der Waals surface area contributed by atoms with E-state index in [1.54, 1.807) is 11.0 Å². The lowest BCUT2D eigenvalue weighted by molar-refractivity contribution is -0.113. The van der Waals surface area contributed by atoms with Gasteiger partial charge < -0.3 is 4.74 Å². The quantitative estimate of drug-likeness (QED) is 0.618. The largest absolute Gasteiger partial charge is 0.494 e. The number of nitrogens with zero attached hydrogens (tertiary/aromatic N) is 3. The van der Waals surface area contributed by atoms with Crippen LogP contribution in [0.1, 0.15) is 38.8 Å². The molecule has 0 N–H and O–H groups in total. The third kappa shape index (κ3) is 2.02. The summed E-state index contributed by atoms with van der Waals surface area (Å²) in [6.07, 6.45) is 2.02. The fourth-order valence-corrected chi connectivity index (χ4v) is 3.52. The van der Waals surface area contributed by atoms with Gasteiger partial charge in [-0.2, -0.15) is 10.5 Å². The summed E-state index contributed by atoms with van der Waals surface area (Å²) in [6, 6.07) is 7.36. The number of rotatable bonds is 2. The number of allylic oxidation sites excluding steroid dienone is 2. The molecule has 0 saturated carbocycles. The summed E-state index contributed by atoms with van der Waals surface area (Å²) in [4.78, 5) is 14.7. The van der Waals surface area contributed by atoms with Gasteiger partial charge in [0, 0.05) is 11.1 Å². The molecule has 0 spiro atoms. The van der Waals surface area contributed by atoms with E-state index in [9.17, 15) is 15.3 Å². The summed E-state index contributed by atoms with van der Waals surface area (Å²) in [6.45, 7) is 8.26. The number of hydrogen-bond donors (Lipinski definition) is 0. The van der Waals surface area contributed by atoms with Gasteiger partial charge in [-0.25, -0.2) is 0 Å². The summed E-state index contributed by atoms with van der Waals surface area (Å²) < 4.78 is 5.62. The molecule has 2 aliphatic heterocycles. The van der Waals surface area contributed by atoms with Gasteiger partial charge in [0.1, 0.15) is 23.5 Å². The molecule has 5 nitrogen and oxygen atoms in total. The van der Waals surface area contributed by atoms with E-state index >= 15 is 0 Å². The summed E-state index contributed by atoms with van der Waals surface area (Å²) in [5, 5.41) is 18.6. The molecule has 0 unspecified atom stereocenters.